The number of hydrogen-bond donors (Lipinski definition) is 1. The van der Waals surface area contributed by atoms with Crippen LogP contribution in [0.1, 0.15) is 52.8 Å². The summed E-state index contributed by atoms with van der Waals surface area (Å²) in [5.41, 5.74) is 0.915. The fraction of sp³-hybridized carbons (Fsp3) is 0.588. The number of carbonyl (C=O) groups excluding carboxylic acids is 2. The SMILES string of the molecule is O=C(NC1CCCCC1)c1cncc(C(=O)N2CCOCC2)c1. The second-order valence-corrected chi connectivity index (χ2v) is 6.18. The van der Waals surface area contributed by atoms with Crippen LogP contribution in [0, 0.1) is 0 Å². The first-order valence-corrected chi connectivity index (χ1v) is 8.37. The molecule has 124 valence electrons. The zero-order chi connectivity index (χ0) is 16.1. The standard InChI is InChI=1S/C17H23N3O3/c21-16(19-15-4-2-1-3-5-15)13-10-14(12-18-11-13)17(22)20-6-8-23-9-7-20/h10-12,15H,1-9H2,(H,19,21). The number of aromatic nitrogens is 1. The molecule has 1 aromatic heterocycles. The van der Waals surface area contributed by atoms with E-state index in [0.29, 0.717) is 37.4 Å². The van der Waals surface area contributed by atoms with Gasteiger partial charge in [0, 0.05) is 31.5 Å². The number of ether oxygens (including phenoxy) is 1. The zero-order valence-corrected chi connectivity index (χ0v) is 13.3. The number of morpholine rings is 1. The minimum atomic E-state index is -0.138. The first-order chi connectivity index (χ1) is 11.2. The lowest BCUT2D eigenvalue weighted by Crippen LogP contribution is -2.41. The van der Waals surface area contributed by atoms with E-state index in [-0.39, 0.29) is 17.9 Å². The number of pyridine rings is 1. The van der Waals surface area contributed by atoms with Crippen molar-refractivity contribution in [3.63, 3.8) is 0 Å². The van der Waals surface area contributed by atoms with Gasteiger partial charge in [0.15, 0.2) is 0 Å². The highest BCUT2D eigenvalue weighted by Gasteiger charge is 2.21. The molecule has 2 heterocycles. The van der Waals surface area contributed by atoms with Crippen molar-refractivity contribution in [3.8, 4) is 0 Å². The summed E-state index contributed by atoms with van der Waals surface area (Å²) >= 11 is 0. The monoisotopic (exact) mass is 317 g/mol. The molecule has 0 atom stereocenters. The number of hydrogen-bond acceptors (Lipinski definition) is 4. The van der Waals surface area contributed by atoms with Gasteiger partial charge in [-0.25, -0.2) is 0 Å². The van der Waals surface area contributed by atoms with Crippen molar-refractivity contribution in [1.82, 2.24) is 15.2 Å². The van der Waals surface area contributed by atoms with Crippen LogP contribution in [0.4, 0.5) is 0 Å². The highest BCUT2D eigenvalue weighted by Crippen LogP contribution is 2.18. The van der Waals surface area contributed by atoms with Crippen molar-refractivity contribution in [2.45, 2.75) is 38.1 Å². The first kappa shape index (κ1) is 15.9. The Morgan fingerprint density at radius 2 is 1.78 bits per heavy atom. The van der Waals surface area contributed by atoms with Crippen molar-refractivity contribution >= 4 is 11.8 Å². The first-order valence-electron chi connectivity index (χ1n) is 8.37. The van der Waals surface area contributed by atoms with Crippen molar-refractivity contribution in [1.29, 1.82) is 0 Å². The number of amides is 2. The summed E-state index contributed by atoms with van der Waals surface area (Å²) in [5, 5.41) is 3.06. The summed E-state index contributed by atoms with van der Waals surface area (Å²) in [5.74, 6) is -0.228. The fourth-order valence-electron chi connectivity index (χ4n) is 3.15. The molecule has 2 amide bonds. The average molecular weight is 317 g/mol. The molecule has 1 aliphatic carbocycles. The number of rotatable bonds is 3. The largest absolute Gasteiger partial charge is 0.378 e. The van der Waals surface area contributed by atoms with Crippen molar-refractivity contribution in [3.05, 3.63) is 29.6 Å². The maximum Gasteiger partial charge on any atom is 0.255 e. The summed E-state index contributed by atoms with van der Waals surface area (Å²) in [4.78, 5) is 30.6. The van der Waals surface area contributed by atoms with E-state index in [9.17, 15) is 9.59 Å². The number of carbonyl (C=O) groups is 2. The third-order valence-electron chi connectivity index (χ3n) is 4.49. The molecular weight excluding hydrogens is 294 g/mol. The molecule has 0 aromatic carbocycles. The topological polar surface area (TPSA) is 71.5 Å². The maximum atomic E-state index is 12.5. The molecule has 6 nitrogen and oxygen atoms in total. The van der Waals surface area contributed by atoms with Gasteiger partial charge in [0.05, 0.1) is 24.3 Å². The molecular formula is C17H23N3O3. The molecule has 2 aliphatic rings. The molecule has 1 N–H and O–H groups in total. The van der Waals surface area contributed by atoms with Crippen molar-refractivity contribution < 1.29 is 14.3 Å². The zero-order valence-electron chi connectivity index (χ0n) is 13.3. The average Bonchev–Trinajstić information content (AvgIpc) is 2.63. The van der Waals surface area contributed by atoms with Crippen LogP contribution >= 0.6 is 0 Å². The van der Waals surface area contributed by atoms with Gasteiger partial charge >= 0.3 is 0 Å². The van der Waals surface area contributed by atoms with E-state index in [1.807, 2.05) is 0 Å². The van der Waals surface area contributed by atoms with Gasteiger partial charge in [-0.2, -0.15) is 0 Å². The lowest BCUT2D eigenvalue weighted by Gasteiger charge is -2.27. The molecule has 1 saturated carbocycles. The molecule has 23 heavy (non-hydrogen) atoms. The maximum absolute atomic E-state index is 12.5. The lowest BCUT2D eigenvalue weighted by atomic mass is 9.95. The number of nitrogens with one attached hydrogen (secondary N) is 1. The molecule has 2 fully saturated rings. The van der Waals surface area contributed by atoms with Crippen molar-refractivity contribution in [2.75, 3.05) is 26.3 Å². The van der Waals surface area contributed by atoms with Crippen LogP contribution in [0.5, 0.6) is 0 Å². The molecule has 1 aromatic rings. The quantitative estimate of drug-likeness (QED) is 0.919. The second-order valence-electron chi connectivity index (χ2n) is 6.18. The van der Waals surface area contributed by atoms with Gasteiger partial charge in [0.1, 0.15) is 0 Å². The van der Waals surface area contributed by atoms with Gasteiger partial charge in [-0.15, -0.1) is 0 Å². The van der Waals surface area contributed by atoms with Gasteiger partial charge in [0.2, 0.25) is 0 Å². The molecule has 0 spiro atoms. The van der Waals surface area contributed by atoms with Crippen LogP contribution in [0.25, 0.3) is 0 Å². The fourth-order valence-corrected chi connectivity index (χ4v) is 3.15. The summed E-state index contributed by atoms with van der Waals surface area (Å²) in [6, 6.07) is 1.89. The minimum absolute atomic E-state index is 0.0897. The summed E-state index contributed by atoms with van der Waals surface area (Å²) in [7, 11) is 0. The third-order valence-corrected chi connectivity index (χ3v) is 4.49. The normalized spacial score (nSPS) is 19.4. The third kappa shape index (κ3) is 4.07. The molecule has 0 bridgehead atoms. The summed E-state index contributed by atoms with van der Waals surface area (Å²) < 4.78 is 5.26. The smallest absolute Gasteiger partial charge is 0.255 e. The Morgan fingerprint density at radius 1 is 1.09 bits per heavy atom. The predicted molar refractivity (Wildman–Crippen MR) is 85.3 cm³/mol. The summed E-state index contributed by atoms with van der Waals surface area (Å²) in [6.45, 7) is 2.27. The minimum Gasteiger partial charge on any atom is -0.378 e. The molecule has 3 rings (SSSR count). The molecule has 0 radical (unpaired) electrons. The van der Waals surface area contributed by atoms with Gasteiger partial charge in [0.25, 0.3) is 11.8 Å². The Kier molecular flexibility index (Phi) is 5.23. The Labute approximate surface area is 136 Å². The lowest BCUT2D eigenvalue weighted by molar-refractivity contribution is 0.0302. The van der Waals surface area contributed by atoms with Crippen LogP contribution in [0.15, 0.2) is 18.5 Å². The Morgan fingerprint density at radius 3 is 2.52 bits per heavy atom. The molecule has 0 unspecified atom stereocenters. The summed E-state index contributed by atoms with van der Waals surface area (Å²) in [6.07, 6.45) is 8.69. The van der Waals surface area contributed by atoms with E-state index < -0.39 is 0 Å². The van der Waals surface area contributed by atoms with Crippen LogP contribution in [0.3, 0.4) is 0 Å². The van der Waals surface area contributed by atoms with Crippen LogP contribution in [-0.4, -0.2) is 54.0 Å². The highest BCUT2D eigenvalue weighted by molar-refractivity contribution is 5.99. The van der Waals surface area contributed by atoms with Gasteiger partial charge in [-0.1, -0.05) is 19.3 Å². The Bertz CT molecular complexity index is 564. The van der Waals surface area contributed by atoms with Gasteiger partial charge in [-0.05, 0) is 18.9 Å². The Hall–Kier alpha value is -1.95. The second kappa shape index (κ2) is 7.55. The van der Waals surface area contributed by atoms with E-state index in [4.69, 9.17) is 4.74 Å². The van der Waals surface area contributed by atoms with E-state index in [0.717, 1.165) is 12.8 Å². The van der Waals surface area contributed by atoms with E-state index >= 15 is 0 Å². The van der Waals surface area contributed by atoms with E-state index in [2.05, 4.69) is 10.3 Å². The Balaban J connectivity index is 1.66. The molecule has 6 heteroatoms. The predicted octanol–water partition coefficient (Wildman–Crippen LogP) is 1.62. The van der Waals surface area contributed by atoms with Gasteiger partial charge < -0.3 is 15.0 Å². The molecule has 1 saturated heterocycles. The van der Waals surface area contributed by atoms with Crippen LogP contribution in [0.2, 0.25) is 0 Å². The van der Waals surface area contributed by atoms with E-state index in [1.54, 1.807) is 11.0 Å². The molecule has 1 aliphatic heterocycles. The van der Waals surface area contributed by atoms with Crippen LogP contribution in [-0.2, 0) is 4.74 Å². The van der Waals surface area contributed by atoms with Crippen molar-refractivity contribution in [2.24, 2.45) is 0 Å². The van der Waals surface area contributed by atoms with Crippen LogP contribution < -0.4 is 5.32 Å². The van der Waals surface area contributed by atoms with Gasteiger partial charge in [-0.3, -0.25) is 14.6 Å². The van der Waals surface area contributed by atoms with E-state index in [1.165, 1.54) is 31.7 Å². The highest BCUT2D eigenvalue weighted by atomic mass is 16.5. The number of nitrogens with zero attached hydrogens (tertiary/aromatic N) is 2.